The highest BCUT2D eigenvalue weighted by molar-refractivity contribution is 7.97. The summed E-state index contributed by atoms with van der Waals surface area (Å²) in [5, 5.41) is 0. The highest BCUT2D eigenvalue weighted by Gasteiger charge is 2.26. The number of morpholine rings is 1. The van der Waals surface area contributed by atoms with Crippen LogP contribution in [-0.2, 0) is 21.8 Å². The largest absolute Gasteiger partial charge is 0.370 e. The summed E-state index contributed by atoms with van der Waals surface area (Å²) in [5.41, 5.74) is 2.77. The van der Waals surface area contributed by atoms with Gasteiger partial charge in [0.15, 0.2) is 0 Å². The molecule has 1 aromatic heterocycles. The molecule has 1 aliphatic heterocycles. The van der Waals surface area contributed by atoms with Gasteiger partial charge >= 0.3 is 0 Å². The van der Waals surface area contributed by atoms with Crippen LogP contribution in [0.15, 0.2) is 48.5 Å². The molecule has 1 aliphatic rings. The van der Waals surface area contributed by atoms with E-state index in [1.165, 1.54) is 12.1 Å². The van der Waals surface area contributed by atoms with Gasteiger partial charge in [-0.2, -0.15) is 11.8 Å². The number of halogens is 1. The van der Waals surface area contributed by atoms with Gasteiger partial charge in [0.2, 0.25) is 5.91 Å². The summed E-state index contributed by atoms with van der Waals surface area (Å²) in [6, 6.07) is 14.2. The number of carbonyl (C=O) groups is 1. The molecule has 2 heterocycles. The SMILES string of the molecule is CSCc1nc2ccccc2n1CC(=O)N1CCOC(c2ccc(F)cc2)C1. The molecule has 1 unspecified atom stereocenters. The Morgan fingerprint density at radius 1 is 1.25 bits per heavy atom. The van der Waals surface area contributed by atoms with Gasteiger partial charge in [-0.05, 0) is 36.1 Å². The van der Waals surface area contributed by atoms with Crippen LogP contribution in [0.1, 0.15) is 17.5 Å². The topological polar surface area (TPSA) is 47.4 Å². The zero-order chi connectivity index (χ0) is 19.5. The predicted molar refractivity (Wildman–Crippen MR) is 109 cm³/mol. The summed E-state index contributed by atoms with van der Waals surface area (Å²) in [6.45, 7) is 1.75. The number of ether oxygens (including phenoxy) is 1. The zero-order valence-corrected chi connectivity index (χ0v) is 16.5. The van der Waals surface area contributed by atoms with E-state index in [0.717, 1.165) is 28.2 Å². The molecule has 146 valence electrons. The Balaban J connectivity index is 1.52. The van der Waals surface area contributed by atoms with Crippen LogP contribution in [0.5, 0.6) is 0 Å². The predicted octanol–water partition coefficient (Wildman–Crippen LogP) is 3.64. The summed E-state index contributed by atoms with van der Waals surface area (Å²) < 4.78 is 21.0. The molecule has 0 N–H and O–H groups in total. The normalized spacial score (nSPS) is 17.2. The second-order valence-electron chi connectivity index (χ2n) is 6.79. The van der Waals surface area contributed by atoms with Crippen molar-refractivity contribution in [3.05, 3.63) is 65.7 Å². The first-order valence-corrected chi connectivity index (χ1v) is 10.6. The molecule has 0 aliphatic carbocycles. The molecule has 1 saturated heterocycles. The third kappa shape index (κ3) is 3.91. The van der Waals surface area contributed by atoms with Crippen molar-refractivity contribution in [2.24, 2.45) is 0 Å². The Labute approximate surface area is 167 Å². The summed E-state index contributed by atoms with van der Waals surface area (Å²) in [5.74, 6) is 1.43. The summed E-state index contributed by atoms with van der Waals surface area (Å²) >= 11 is 1.69. The van der Waals surface area contributed by atoms with E-state index in [2.05, 4.69) is 4.98 Å². The second kappa shape index (κ2) is 8.32. The lowest BCUT2D eigenvalue weighted by Gasteiger charge is -2.33. The summed E-state index contributed by atoms with van der Waals surface area (Å²) in [6.07, 6.45) is 1.80. The van der Waals surface area contributed by atoms with Crippen LogP contribution in [0.3, 0.4) is 0 Å². The average molecular weight is 399 g/mol. The van der Waals surface area contributed by atoms with Gasteiger partial charge in [-0.1, -0.05) is 24.3 Å². The van der Waals surface area contributed by atoms with Crippen molar-refractivity contribution >= 4 is 28.7 Å². The van der Waals surface area contributed by atoms with Crippen LogP contribution in [-0.4, -0.2) is 46.3 Å². The molecule has 5 nitrogen and oxygen atoms in total. The monoisotopic (exact) mass is 399 g/mol. The van der Waals surface area contributed by atoms with Gasteiger partial charge in [0.1, 0.15) is 24.3 Å². The maximum Gasteiger partial charge on any atom is 0.242 e. The smallest absolute Gasteiger partial charge is 0.242 e. The number of amides is 1. The molecular formula is C21H22FN3O2S. The van der Waals surface area contributed by atoms with Gasteiger partial charge in [-0.15, -0.1) is 0 Å². The molecule has 7 heteroatoms. The van der Waals surface area contributed by atoms with Gasteiger partial charge in [-0.3, -0.25) is 4.79 Å². The van der Waals surface area contributed by atoms with E-state index >= 15 is 0 Å². The molecule has 0 saturated carbocycles. The van der Waals surface area contributed by atoms with Crippen molar-refractivity contribution in [2.45, 2.75) is 18.4 Å². The second-order valence-corrected chi connectivity index (χ2v) is 7.65. The number of para-hydroxylation sites is 2. The lowest BCUT2D eigenvalue weighted by atomic mass is 10.1. The first-order chi connectivity index (χ1) is 13.7. The van der Waals surface area contributed by atoms with Gasteiger partial charge in [0.25, 0.3) is 0 Å². The Morgan fingerprint density at radius 2 is 2.04 bits per heavy atom. The molecule has 4 rings (SSSR count). The van der Waals surface area contributed by atoms with E-state index < -0.39 is 0 Å². The van der Waals surface area contributed by atoms with E-state index in [9.17, 15) is 9.18 Å². The third-order valence-electron chi connectivity index (χ3n) is 4.96. The van der Waals surface area contributed by atoms with Crippen molar-refractivity contribution in [3.63, 3.8) is 0 Å². The maximum absolute atomic E-state index is 13.2. The molecule has 2 aromatic carbocycles. The van der Waals surface area contributed by atoms with Crippen LogP contribution in [0, 0.1) is 5.82 Å². The first-order valence-electron chi connectivity index (χ1n) is 9.23. The molecule has 1 fully saturated rings. The third-order valence-corrected chi connectivity index (χ3v) is 5.51. The number of rotatable bonds is 5. The van der Waals surface area contributed by atoms with Gasteiger partial charge < -0.3 is 14.2 Å². The lowest BCUT2D eigenvalue weighted by Crippen LogP contribution is -2.43. The van der Waals surface area contributed by atoms with Crippen molar-refractivity contribution in [1.29, 1.82) is 0 Å². The van der Waals surface area contributed by atoms with Crippen molar-refractivity contribution in [1.82, 2.24) is 14.5 Å². The highest BCUT2D eigenvalue weighted by atomic mass is 32.2. The van der Waals surface area contributed by atoms with Gasteiger partial charge in [-0.25, -0.2) is 9.37 Å². The van der Waals surface area contributed by atoms with Crippen molar-refractivity contribution < 1.29 is 13.9 Å². The number of aromatic nitrogens is 2. The Bertz CT molecular complexity index is 973. The lowest BCUT2D eigenvalue weighted by molar-refractivity contribution is -0.139. The molecule has 1 atom stereocenters. The minimum Gasteiger partial charge on any atom is -0.370 e. The number of benzene rings is 2. The minimum absolute atomic E-state index is 0.0425. The van der Waals surface area contributed by atoms with Gasteiger partial charge in [0.05, 0.1) is 29.9 Å². The Morgan fingerprint density at radius 3 is 2.82 bits per heavy atom. The van der Waals surface area contributed by atoms with Crippen LogP contribution < -0.4 is 0 Å². The average Bonchev–Trinajstić information content (AvgIpc) is 3.06. The molecule has 0 spiro atoms. The number of nitrogens with zero attached hydrogens (tertiary/aromatic N) is 3. The fraction of sp³-hybridized carbons (Fsp3) is 0.333. The summed E-state index contributed by atoms with van der Waals surface area (Å²) in [7, 11) is 0. The minimum atomic E-state index is -0.277. The molecule has 1 amide bonds. The molecule has 0 bridgehead atoms. The zero-order valence-electron chi connectivity index (χ0n) is 15.7. The molecule has 0 radical (unpaired) electrons. The molecule has 28 heavy (non-hydrogen) atoms. The quantitative estimate of drug-likeness (QED) is 0.657. The van der Waals surface area contributed by atoms with Crippen LogP contribution in [0.25, 0.3) is 11.0 Å². The van der Waals surface area contributed by atoms with Crippen molar-refractivity contribution in [2.75, 3.05) is 26.0 Å². The standard InChI is InChI=1S/C21H22FN3O2S/c1-28-14-20-23-17-4-2-3-5-18(17)25(20)13-21(26)24-10-11-27-19(12-24)15-6-8-16(22)9-7-15/h2-9,19H,10-14H2,1H3. The Kier molecular flexibility index (Phi) is 5.64. The number of thioether (sulfide) groups is 1. The number of fused-ring (bicyclic) bond motifs is 1. The molecular weight excluding hydrogens is 377 g/mol. The fourth-order valence-corrected chi connectivity index (χ4v) is 4.01. The van der Waals surface area contributed by atoms with Crippen LogP contribution in [0.2, 0.25) is 0 Å². The summed E-state index contributed by atoms with van der Waals surface area (Å²) in [4.78, 5) is 19.6. The van der Waals surface area contributed by atoms with Gasteiger partial charge in [0, 0.05) is 6.54 Å². The Hall–Kier alpha value is -2.38. The van der Waals surface area contributed by atoms with E-state index in [-0.39, 0.29) is 24.4 Å². The maximum atomic E-state index is 13.2. The highest BCUT2D eigenvalue weighted by Crippen LogP contribution is 2.24. The van der Waals surface area contributed by atoms with Crippen LogP contribution in [0.4, 0.5) is 4.39 Å². The fourth-order valence-electron chi connectivity index (χ4n) is 3.53. The van der Waals surface area contributed by atoms with E-state index in [4.69, 9.17) is 4.74 Å². The van der Waals surface area contributed by atoms with E-state index in [1.54, 1.807) is 23.9 Å². The number of imidazole rings is 1. The number of hydrogen-bond acceptors (Lipinski definition) is 4. The van der Waals surface area contributed by atoms with E-state index in [0.29, 0.717) is 19.7 Å². The van der Waals surface area contributed by atoms with Crippen molar-refractivity contribution in [3.8, 4) is 0 Å². The number of carbonyl (C=O) groups excluding carboxylic acids is 1. The number of hydrogen-bond donors (Lipinski definition) is 0. The first kappa shape index (κ1) is 19.0. The molecule has 3 aromatic rings. The van der Waals surface area contributed by atoms with Crippen LogP contribution >= 0.6 is 11.8 Å². The van der Waals surface area contributed by atoms with E-state index in [1.807, 2.05) is 40.0 Å².